The van der Waals surface area contributed by atoms with Gasteiger partial charge in [-0.2, -0.15) is 0 Å². The Hall–Kier alpha value is -4.66. The first-order valence-corrected chi connectivity index (χ1v) is 14.4. The van der Waals surface area contributed by atoms with E-state index in [1.807, 2.05) is 43.3 Å². The molecule has 1 heterocycles. The summed E-state index contributed by atoms with van der Waals surface area (Å²) < 4.78 is 5.52. The summed E-state index contributed by atoms with van der Waals surface area (Å²) in [7, 11) is 0. The van der Waals surface area contributed by atoms with Crippen LogP contribution in [0.1, 0.15) is 61.3 Å². The molecule has 1 aliphatic carbocycles. The van der Waals surface area contributed by atoms with Crippen LogP contribution in [0.5, 0.6) is 0 Å². The lowest BCUT2D eigenvalue weighted by Crippen LogP contribution is -2.55. The van der Waals surface area contributed by atoms with Gasteiger partial charge in [-0.15, -0.1) is 0 Å². The van der Waals surface area contributed by atoms with Gasteiger partial charge in [0, 0.05) is 6.04 Å². The standard InChI is InChI=1S/C33H36N4O5/c1-23-12-11-15-25(20-23)30(31(34)39)37-32(40)35(21-29(38)42-22-24-13-5-4-6-14-24)27-18-9-10-19-28(27)36(33(37)41)26-16-7-2-3-8-17-26/h4-6,9-15,18-20,26,30H,2-3,7-8,16-17,21-22H2,1H3,(H2,34,39). The summed E-state index contributed by atoms with van der Waals surface area (Å²) in [6.07, 6.45) is 5.53. The summed E-state index contributed by atoms with van der Waals surface area (Å²) in [6.45, 7) is 1.44. The Morgan fingerprint density at radius 3 is 2.19 bits per heavy atom. The van der Waals surface area contributed by atoms with Crippen LogP contribution in [0.15, 0.2) is 78.9 Å². The maximum atomic E-state index is 14.6. The molecule has 5 amide bonds. The van der Waals surface area contributed by atoms with Crippen molar-refractivity contribution in [3.05, 3.63) is 95.6 Å². The minimum Gasteiger partial charge on any atom is -0.459 e. The van der Waals surface area contributed by atoms with E-state index in [9.17, 15) is 19.2 Å². The van der Waals surface area contributed by atoms with Gasteiger partial charge in [0.2, 0.25) is 5.91 Å². The van der Waals surface area contributed by atoms with Crippen molar-refractivity contribution >= 4 is 35.3 Å². The molecule has 1 aliphatic heterocycles. The van der Waals surface area contributed by atoms with Gasteiger partial charge in [0.15, 0.2) is 0 Å². The number of carbonyl (C=O) groups is 4. The smallest absolute Gasteiger partial charge is 0.334 e. The second-order valence-electron chi connectivity index (χ2n) is 10.9. The summed E-state index contributed by atoms with van der Waals surface area (Å²) in [5.74, 6) is -1.50. The van der Waals surface area contributed by atoms with E-state index in [0.717, 1.165) is 54.6 Å². The number of ether oxygens (including phenoxy) is 1. The van der Waals surface area contributed by atoms with Crippen molar-refractivity contribution in [2.75, 3.05) is 16.3 Å². The number of anilines is 2. The highest BCUT2D eigenvalue weighted by atomic mass is 16.5. The Labute approximate surface area is 245 Å². The molecule has 42 heavy (non-hydrogen) atoms. The Kier molecular flexibility index (Phi) is 8.85. The molecule has 218 valence electrons. The van der Waals surface area contributed by atoms with E-state index >= 15 is 0 Å². The molecule has 3 aromatic rings. The van der Waals surface area contributed by atoms with Crippen molar-refractivity contribution in [2.24, 2.45) is 5.73 Å². The molecule has 0 aromatic heterocycles. The molecule has 0 spiro atoms. The van der Waals surface area contributed by atoms with Crippen molar-refractivity contribution in [2.45, 2.75) is 64.1 Å². The predicted molar refractivity (Wildman–Crippen MR) is 160 cm³/mol. The van der Waals surface area contributed by atoms with E-state index in [0.29, 0.717) is 16.9 Å². The van der Waals surface area contributed by atoms with Crippen LogP contribution in [-0.4, -0.2) is 41.4 Å². The molecule has 9 nitrogen and oxygen atoms in total. The fraction of sp³-hybridized carbons (Fsp3) is 0.333. The maximum absolute atomic E-state index is 14.6. The highest BCUT2D eigenvalue weighted by molar-refractivity contribution is 6.16. The van der Waals surface area contributed by atoms with Gasteiger partial charge in [0.05, 0.1) is 11.4 Å². The molecule has 3 aromatic carbocycles. The molecule has 9 heteroatoms. The number of benzene rings is 3. The lowest BCUT2D eigenvalue weighted by molar-refractivity contribution is -0.143. The fourth-order valence-corrected chi connectivity index (χ4v) is 5.87. The van der Waals surface area contributed by atoms with Crippen LogP contribution in [0.3, 0.4) is 0 Å². The average Bonchev–Trinajstić information content (AvgIpc) is 3.30. The van der Waals surface area contributed by atoms with Crippen LogP contribution >= 0.6 is 0 Å². The maximum Gasteiger partial charge on any atom is 0.334 e. The number of nitrogens with two attached hydrogens (primary N) is 1. The van der Waals surface area contributed by atoms with Gasteiger partial charge in [0.1, 0.15) is 19.2 Å². The second kappa shape index (κ2) is 12.9. The molecule has 2 aliphatic rings. The summed E-state index contributed by atoms with van der Waals surface area (Å²) >= 11 is 0. The number of urea groups is 2. The van der Waals surface area contributed by atoms with E-state index in [1.54, 1.807) is 47.4 Å². The molecule has 1 atom stereocenters. The van der Waals surface area contributed by atoms with Crippen LogP contribution in [0, 0.1) is 6.92 Å². The molecule has 5 rings (SSSR count). The van der Waals surface area contributed by atoms with Gasteiger partial charge < -0.3 is 10.5 Å². The first-order chi connectivity index (χ1) is 20.3. The van der Waals surface area contributed by atoms with Crippen LogP contribution in [0.25, 0.3) is 0 Å². The number of aryl methyl sites for hydroxylation is 1. The molecule has 0 bridgehead atoms. The fourth-order valence-electron chi connectivity index (χ4n) is 5.87. The average molecular weight is 569 g/mol. The van der Waals surface area contributed by atoms with Gasteiger partial charge in [-0.05, 0) is 43.0 Å². The monoisotopic (exact) mass is 568 g/mol. The number of primary amides is 1. The number of hydrogen-bond donors (Lipinski definition) is 1. The van der Waals surface area contributed by atoms with E-state index < -0.39 is 36.5 Å². The number of esters is 1. The van der Waals surface area contributed by atoms with E-state index in [-0.39, 0.29) is 12.6 Å². The summed E-state index contributed by atoms with van der Waals surface area (Å²) in [6, 6.07) is 20.3. The van der Waals surface area contributed by atoms with Crippen LogP contribution < -0.4 is 15.5 Å². The zero-order chi connectivity index (χ0) is 29.6. The predicted octanol–water partition coefficient (Wildman–Crippen LogP) is 5.86. The molecular formula is C33H36N4O5. The molecule has 2 N–H and O–H groups in total. The Bertz CT molecular complexity index is 1450. The number of fused-ring (bicyclic) bond motifs is 1. The van der Waals surface area contributed by atoms with Gasteiger partial charge in [-0.1, -0.05) is 98.0 Å². The first-order valence-electron chi connectivity index (χ1n) is 14.4. The van der Waals surface area contributed by atoms with Crippen molar-refractivity contribution in [3.63, 3.8) is 0 Å². The Morgan fingerprint density at radius 2 is 1.52 bits per heavy atom. The molecule has 0 saturated heterocycles. The van der Waals surface area contributed by atoms with Gasteiger partial charge in [-0.3, -0.25) is 19.4 Å². The van der Waals surface area contributed by atoms with Crippen LogP contribution in [0.4, 0.5) is 21.0 Å². The minimum absolute atomic E-state index is 0.0351. The van der Waals surface area contributed by atoms with Crippen LogP contribution in [-0.2, 0) is 20.9 Å². The highest BCUT2D eigenvalue weighted by Crippen LogP contribution is 2.40. The van der Waals surface area contributed by atoms with Crippen molar-refractivity contribution < 1.29 is 23.9 Å². The third-order valence-electron chi connectivity index (χ3n) is 7.89. The molecule has 0 radical (unpaired) electrons. The van der Waals surface area contributed by atoms with Gasteiger partial charge in [0.25, 0.3) is 0 Å². The largest absolute Gasteiger partial charge is 0.459 e. The van der Waals surface area contributed by atoms with E-state index in [2.05, 4.69) is 0 Å². The third-order valence-corrected chi connectivity index (χ3v) is 7.89. The number of rotatable bonds is 8. The normalized spacial score (nSPS) is 16.8. The minimum atomic E-state index is -1.38. The van der Waals surface area contributed by atoms with Gasteiger partial charge in [-0.25, -0.2) is 14.5 Å². The lowest BCUT2D eigenvalue weighted by Gasteiger charge is -2.35. The lowest BCUT2D eigenvalue weighted by atomic mass is 10.0. The zero-order valence-electron chi connectivity index (χ0n) is 23.8. The number of imide groups is 1. The number of carbonyl (C=O) groups excluding carboxylic acids is 4. The molecule has 1 saturated carbocycles. The summed E-state index contributed by atoms with van der Waals surface area (Å²) in [4.78, 5) is 59.0. The number of para-hydroxylation sites is 2. The third kappa shape index (κ3) is 6.15. The Balaban J connectivity index is 1.58. The first kappa shape index (κ1) is 28.9. The molecule has 1 fully saturated rings. The Morgan fingerprint density at radius 1 is 0.857 bits per heavy atom. The quantitative estimate of drug-likeness (QED) is 0.270. The zero-order valence-corrected chi connectivity index (χ0v) is 23.8. The topological polar surface area (TPSA) is 113 Å². The summed E-state index contributed by atoms with van der Waals surface area (Å²) in [5, 5.41) is 0. The summed E-state index contributed by atoms with van der Waals surface area (Å²) in [5.41, 5.74) is 8.90. The van der Waals surface area contributed by atoms with Crippen molar-refractivity contribution in [1.29, 1.82) is 0 Å². The van der Waals surface area contributed by atoms with Crippen molar-refractivity contribution in [1.82, 2.24) is 4.90 Å². The van der Waals surface area contributed by atoms with E-state index in [4.69, 9.17) is 10.5 Å². The number of hydrogen-bond acceptors (Lipinski definition) is 5. The second-order valence-corrected chi connectivity index (χ2v) is 10.9. The van der Waals surface area contributed by atoms with Crippen molar-refractivity contribution in [3.8, 4) is 0 Å². The van der Waals surface area contributed by atoms with Gasteiger partial charge >= 0.3 is 18.0 Å². The number of amides is 5. The highest BCUT2D eigenvalue weighted by Gasteiger charge is 2.46. The number of nitrogens with zero attached hydrogens (tertiary/aromatic N) is 3. The van der Waals surface area contributed by atoms with Crippen LogP contribution in [0.2, 0.25) is 0 Å². The SMILES string of the molecule is Cc1cccc(C(C(N)=O)N2C(=O)N(CC(=O)OCc3ccccc3)c3ccccc3N(C3CCCCCC3)C2=O)c1. The molecule has 1 unspecified atom stereocenters. The van der Waals surface area contributed by atoms with E-state index in [1.165, 1.54) is 4.90 Å². The molecular weight excluding hydrogens is 532 g/mol.